The maximum absolute atomic E-state index is 14.3. The molecule has 13 nitrogen and oxygen atoms in total. The van der Waals surface area contributed by atoms with Crippen LogP contribution in [-0.2, 0) is 20.9 Å². The Labute approximate surface area is 264 Å². The van der Waals surface area contributed by atoms with Crippen molar-refractivity contribution in [3.63, 3.8) is 0 Å². The lowest BCUT2D eigenvalue weighted by Gasteiger charge is -2.32. The highest BCUT2D eigenvalue weighted by Crippen LogP contribution is 2.37. The van der Waals surface area contributed by atoms with E-state index in [1.54, 1.807) is 36.4 Å². The molecule has 240 valence electrons. The number of hydrogen-bond donors (Lipinski definition) is 1. The Morgan fingerprint density at radius 2 is 1.78 bits per heavy atom. The van der Waals surface area contributed by atoms with Crippen molar-refractivity contribution in [2.45, 2.75) is 31.5 Å². The van der Waals surface area contributed by atoms with E-state index in [4.69, 9.17) is 23.7 Å². The Bertz CT molecular complexity index is 1690. The number of methoxy groups -OCH3 is 2. The van der Waals surface area contributed by atoms with Crippen molar-refractivity contribution in [1.82, 2.24) is 25.5 Å². The number of benzene rings is 3. The third-order valence-electron chi connectivity index (χ3n) is 7.66. The SMILES string of the molecule is COc1ccc(-c2nnn(CC(=O)N(c3ccc4c(c3)OCCO4)[C@@H](C(=O)NC[C@H]3CCCO3)c3ccc(F)cc3)n2)cc1OC. The van der Waals surface area contributed by atoms with Crippen LogP contribution in [0.15, 0.2) is 60.7 Å². The summed E-state index contributed by atoms with van der Waals surface area (Å²) in [5, 5.41) is 15.6. The number of anilines is 1. The molecule has 1 N–H and O–H groups in total. The molecule has 0 spiro atoms. The first kappa shape index (κ1) is 30.8. The topological polar surface area (TPSA) is 139 Å². The molecule has 2 amide bonds. The van der Waals surface area contributed by atoms with Crippen molar-refractivity contribution in [1.29, 1.82) is 0 Å². The Hall–Kier alpha value is -5.24. The van der Waals surface area contributed by atoms with Gasteiger partial charge in [0.25, 0.3) is 5.91 Å². The molecule has 2 atom stereocenters. The summed E-state index contributed by atoms with van der Waals surface area (Å²) >= 11 is 0. The van der Waals surface area contributed by atoms with Gasteiger partial charge in [-0.05, 0) is 66.1 Å². The quantitative estimate of drug-likeness (QED) is 0.262. The highest BCUT2D eigenvalue weighted by atomic mass is 19.1. The van der Waals surface area contributed by atoms with Crippen LogP contribution in [0.5, 0.6) is 23.0 Å². The van der Waals surface area contributed by atoms with E-state index in [2.05, 4.69) is 20.7 Å². The molecule has 2 aliphatic heterocycles. The number of halogens is 1. The van der Waals surface area contributed by atoms with Gasteiger partial charge in [0, 0.05) is 30.5 Å². The van der Waals surface area contributed by atoms with Crippen molar-refractivity contribution in [2.24, 2.45) is 0 Å². The third-order valence-corrected chi connectivity index (χ3v) is 7.66. The van der Waals surface area contributed by atoms with E-state index in [1.807, 2.05) is 0 Å². The van der Waals surface area contributed by atoms with Crippen LogP contribution < -0.4 is 29.2 Å². The Morgan fingerprint density at radius 1 is 1.00 bits per heavy atom. The molecule has 46 heavy (non-hydrogen) atoms. The summed E-state index contributed by atoms with van der Waals surface area (Å²) in [6, 6.07) is 14.4. The second kappa shape index (κ2) is 13.8. The number of ether oxygens (including phenoxy) is 5. The molecule has 0 bridgehead atoms. The average molecular weight is 633 g/mol. The maximum atomic E-state index is 14.3. The predicted molar refractivity (Wildman–Crippen MR) is 162 cm³/mol. The van der Waals surface area contributed by atoms with Crippen molar-refractivity contribution < 1.29 is 37.7 Å². The lowest BCUT2D eigenvalue weighted by atomic mass is 10.0. The van der Waals surface area contributed by atoms with E-state index in [-0.39, 0.29) is 25.0 Å². The minimum atomic E-state index is -1.19. The zero-order chi connectivity index (χ0) is 32.0. The molecule has 2 aliphatic rings. The molecule has 1 fully saturated rings. The molecule has 0 radical (unpaired) electrons. The molecule has 1 aromatic heterocycles. The molecular weight excluding hydrogens is 599 g/mol. The van der Waals surface area contributed by atoms with Crippen LogP contribution in [0.3, 0.4) is 0 Å². The molecule has 0 unspecified atom stereocenters. The third kappa shape index (κ3) is 6.71. The molecule has 6 rings (SSSR count). The zero-order valence-electron chi connectivity index (χ0n) is 25.3. The number of tetrazole rings is 1. The summed E-state index contributed by atoms with van der Waals surface area (Å²) < 4.78 is 41.9. The number of rotatable bonds is 11. The predicted octanol–water partition coefficient (Wildman–Crippen LogP) is 3.34. The second-order valence-corrected chi connectivity index (χ2v) is 10.6. The van der Waals surface area contributed by atoms with Gasteiger partial charge in [-0.2, -0.15) is 4.80 Å². The first-order valence-electron chi connectivity index (χ1n) is 14.8. The lowest BCUT2D eigenvalue weighted by Crippen LogP contribution is -2.46. The van der Waals surface area contributed by atoms with E-state index >= 15 is 0 Å². The highest BCUT2D eigenvalue weighted by molar-refractivity contribution is 6.01. The Balaban J connectivity index is 1.35. The van der Waals surface area contributed by atoms with Crippen LogP contribution in [0.1, 0.15) is 24.4 Å². The van der Waals surface area contributed by atoms with Crippen molar-refractivity contribution in [3.05, 3.63) is 72.0 Å². The molecule has 1 saturated heterocycles. The summed E-state index contributed by atoms with van der Waals surface area (Å²) in [5.41, 5.74) is 1.35. The van der Waals surface area contributed by atoms with Gasteiger partial charge in [0.15, 0.2) is 23.0 Å². The first-order chi connectivity index (χ1) is 22.4. The fourth-order valence-corrected chi connectivity index (χ4v) is 5.40. The highest BCUT2D eigenvalue weighted by Gasteiger charge is 2.35. The van der Waals surface area contributed by atoms with Crippen LogP contribution in [0.2, 0.25) is 0 Å². The number of nitrogens with zero attached hydrogens (tertiary/aromatic N) is 5. The molecule has 0 aliphatic carbocycles. The van der Waals surface area contributed by atoms with Crippen molar-refractivity contribution in [3.8, 4) is 34.4 Å². The van der Waals surface area contributed by atoms with Gasteiger partial charge in [-0.25, -0.2) is 4.39 Å². The fraction of sp³-hybridized carbons (Fsp3) is 0.344. The summed E-state index contributed by atoms with van der Waals surface area (Å²) in [4.78, 5) is 30.7. The zero-order valence-corrected chi connectivity index (χ0v) is 25.3. The number of amides is 2. The normalized spacial score (nSPS) is 16.0. The molecule has 0 saturated carbocycles. The maximum Gasteiger partial charge on any atom is 0.251 e. The average Bonchev–Trinajstić information content (AvgIpc) is 3.79. The van der Waals surface area contributed by atoms with Crippen molar-refractivity contribution >= 4 is 17.5 Å². The van der Waals surface area contributed by atoms with Crippen LogP contribution in [-0.4, -0.2) is 78.7 Å². The number of hydrogen-bond acceptors (Lipinski definition) is 10. The van der Waals surface area contributed by atoms with E-state index in [0.29, 0.717) is 59.6 Å². The Kier molecular flexibility index (Phi) is 9.24. The molecule has 3 aromatic carbocycles. The number of fused-ring (bicyclic) bond motifs is 1. The molecular formula is C32H33FN6O7. The van der Waals surface area contributed by atoms with Gasteiger partial charge in [-0.1, -0.05) is 12.1 Å². The van der Waals surface area contributed by atoms with Gasteiger partial charge in [0.1, 0.15) is 31.6 Å². The van der Waals surface area contributed by atoms with Crippen LogP contribution in [0.25, 0.3) is 11.4 Å². The van der Waals surface area contributed by atoms with Gasteiger partial charge in [0.2, 0.25) is 11.7 Å². The monoisotopic (exact) mass is 632 g/mol. The summed E-state index contributed by atoms with van der Waals surface area (Å²) in [7, 11) is 3.05. The number of nitrogens with one attached hydrogen (secondary N) is 1. The minimum Gasteiger partial charge on any atom is -0.493 e. The van der Waals surface area contributed by atoms with E-state index in [9.17, 15) is 14.0 Å². The van der Waals surface area contributed by atoms with Gasteiger partial charge in [0.05, 0.1) is 20.3 Å². The first-order valence-corrected chi connectivity index (χ1v) is 14.8. The van der Waals surface area contributed by atoms with Crippen LogP contribution in [0.4, 0.5) is 10.1 Å². The number of carbonyl (C=O) groups is 2. The molecule has 3 heterocycles. The summed E-state index contributed by atoms with van der Waals surface area (Å²) in [6.45, 7) is 1.24. The second-order valence-electron chi connectivity index (χ2n) is 10.6. The van der Waals surface area contributed by atoms with Gasteiger partial charge >= 0.3 is 0 Å². The summed E-state index contributed by atoms with van der Waals surface area (Å²) in [6.07, 6.45) is 1.58. The standard InChI is InChI=1S/C32H33FN6O7/c1-42-25-11-7-21(16-27(25)43-2)31-35-37-38(36-31)19-29(40)39(23-10-12-26-28(17-23)46-15-14-45-26)30(20-5-8-22(33)9-6-20)32(41)34-18-24-4-3-13-44-24/h5-12,16-17,24,30H,3-4,13-15,18-19H2,1-2H3,(H,34,41)/t24-,30-/m1/s1. The fourth-order valence-electron chi connectivity index (χ4n) is 5.40. The van der Waals surface area contributed by atoms with Crippen molar-refractivity contribution in [2.75, 3.05) is 45.5 Å². The Morgan fingerprint density at radius 3 is 2.52 bits per heavy atom. The number of carbonyl (C=O) groups excluding carboxylic acids is 2. The van der Waals surface area contributed by atoms with E-state index in [0.717, 1.165) is 17.6 Å². The van der Waals surface area contributed by atoms with Gasteiger partial charge in [-0.3, -0.25) is 14.5 Å². The minimum absolute atomic E-state index is 0.134. The van der Waals surface area contributed by atoms with E-state index in [1.165, 1.54) is 43.4 Å². The molecule has 14 heteroatoms. The summed E-state index contributed by atoms with van der Waals surface area (Å²) in [5.74, 6) is 0.729. The van der Waals surface area contributed by atoms with Crippen LogP contribution in [0, 0.1) is 5.82 Å². The van der Waals surface area contributed by atoms with Gasteiger partial charge < -0.3 is 29.0 Å². The largest absolute Gasteiger partial charge is 0.493 e. The number of aromatic nitrogens is 4. The van der Waals surface area contributed by atoms with E-state index < -0.39 is 23.7 Å². The van der Waals surface area contributed by atoms with Crippen LogP contribution >= 0.6 is 0 Å². The van der Waals surface area contributed by atoms with Gasteiger partial charge in [-0.15, -0.1) is 10.2 Å². The lowest BCUT2D eigenvalue weighted by molar-refractivity contribution is -0.127. The molecule has 4 aromatic rings. The smallest absolute Gasteiger partial charge is 0.251 e.